The van der Waals surface area contributed by atoms with Gasteiger partial charge in [0.25, 0.3) is 0 Å². The molecule has 5 heteroatoms. The smallest absolute Gasteiger partial charge is 0.224 e. The summed E-state index contributed by atoms with van der Waals surface area (Å²) in [6.07, 6.45) is 4.05. The third kappa shape index (κ3) is 2.82. The van der Waals surface area contributed by atoms with Crippen LogP contribution in [0.3, 0.4) is 0 Å². The van der Waals surface area contributed by atoms with Gasteiger partial charge in [-0.3, -0.25) is 4.79 Å². The van der Waals surface area contributed by atoms with E-state index in [1.165, 1.54) is 18.4 Å². The largest absolute Gasteiger partial charge is 0.464 e. The van der Waals surface area contributed by atoms with Gasteiger partial charge in [-0.15, -0.1) is 0 Å². The van der Waals surface area contributed by atoms with E-state index < -0.39 is 0 Å². The molecular formula is C15H17FN2O2. The van der Waals surface area contributed by atoms with Crippen LogP contribution in [0.1, 0.15) is 18.4 Å². The molecule has 0 aliphatic heterocycles. The van der Waals surface area contributed by atoms with Crippen molar-refractivity contribution in [3.63, 3.8) is 0 Å². The number of hydrogen-bond donors (Lipinski definition) is 2. The SMILES string of the molecule is NC(CNC(=O)Cc1coc2cc(F)ccc12)C1CC1. The van der Waals surface area contributed by atoms with E-state index in [1.807, 2.05) is 0 Å². The highest BCUT2D eigenvalue weighted by Gasteiger charge is 2.28. The van der Waals surface area contributed by atoms with E-state index in [-0.39, 0.29) is 24.2 Å². The Kier molecular flexibility index (Phi) is 3.44. The zero-order chi connectivity index (χ0) is 14.1. The van der Waals surface area contributed by atoms with Crippen LogP contribution in [-0.2, 0) is 11.2 Å². The number of amides is 1. The average molecular weight is 276 g/mol. The molecule has 0 bridgehead atoms. The summed E-state index contributed by atoms with van der Waals surface area (Å²) in [5.41, 5.74) is 7.16. The van der Waals surface area contributed by atoms with Gasteiger partial charge in [0.05, 0.1) is 12.7 Å². The number of carbonyl (C=O) groups is 1. The molecule has 3 rings (SSSR count). The summed E-state index contributed by atoms with van der Waals surface area (Å²) in [5.74, 6) is 0.124. The lowest BCUT2D eigenvalue weighted by molar-refractivity contribution is -0.120. The van der Waals surface area contributed by atoms with E-state index in [9.17, 15) is 9.18 Å². The zero-order valence-corrected chi connectivity index (χ0v) is 11.1. The maximum atomic E-state index is 13.0. The monoisotopic (exact) mass is 276 g/mol. The highest BCUT2D eigenvalue weighted by molar-refractivity contribution is 5.87. The summed E-state index contributed by atoms with van der Waals surface area (Å²) < 4.78 is 18.3. The molecule has 1 aliphatic rings. The molecule has 3 N–H and O–H groups in total. The Morgan fingerprint density at radius 2 is 2.30 bits per heavy atom. The number of nitrogens with two attached hydrogens (primary N) is 1. The van der Waals surface area contributed by atoms with E-state index in [1.54, 1.807) is 6.07 Å². The normalized spacial score (nSPS) is 16.3. The molecule has 106 valence electrons. The van der Waals surface area contributed by atoms with Gasteiger partial charge in [-0.2, -0.15) is 0 Å². The fraction of sp³-hybridized carbons (Fsp3) is 0.400. The van der Waals surface area contributed by atoms with Gasteiger partial charge in [0.15, 0.2) is 0 Å². The first-order valence-electron chi connectivity index (χ1n) is 6.81. The second-order valence-electron chi connectivity index (χ2n) is 5.38. The lowest BCUT2D eigenvalue weighted by atomic mass is 10.1. The van der Waals surface area contributed by atoms with Gasteiger partial charge in [0.2, 0.25) is 5.91 Å². The Hall–Kier alpha value is -1.88. The van der Waals surface area contributed by atoms with Crippen molar-refractivity contribution in [1.29, 1.82) is 0 Å². The van der Waals surface area contributed by atoms with Crippen LogP contribution < -0.4 is 11.1 Å². The summed E-state index contributed by atoms with van der Waals surface area (Å²) in [7, 11) is 0. The quantitative estimate of drug-likeness (QED) is 0.877. The van der Waals surface area contributed by atoms with Crippen LogP contribution in [0, 0.1) is 11.7 Å². The summed E-state index contributed by atoms with van der Waals surface area (Å²) in [5, 5.41) is 3.61. The van der Waals surface area contributed by atoms with Gasteiger partial charge in [-0.05, 0) is 30.9 Å². The van der Waals surface area contributed by atoms with Gasteiger partial charge >= 0.3 is 0 Å². The molecule has 0 radical (unpaired) electrons. The predicted octanol–water partition coefficient (Wildman–Crippen LogP) is 1.97. The fourth-order valence-corrected chi connectivity index (χ4v) is 2.35. The third-order valence-corrected chi connectivity index (χ3v) is 3.73. The molecule has 1 aliphatic carbocycles. The molecule has 0 saturated heterocycles. The summed E-state index contributed by atoms with van der Waals surface area (Å²) in [6, 6.07) is 4.36. The van der Waals surface area contributed by atoms with Gasteiger partial charge in [0, 0.05) is 29.6 Å². The third-order valence-electron chi connectivity index (χ3n) is 3.73. The van der Waals surface area contributed by atoms with E-state index >= 15 is 0 Å². The summed E-state index contributed by atoms with van der Waals surface area (Å²) in [6.45, 7) is 0.508. The van der Waals surface area contributed by atoms with Crippen molar-refractivity contribution in [3.8, 4) is 0 Å². The minimum Gasteiger partial charge on any atom is -0.464 e. The molecule has 20 heavy (non-hydrogen) atoms. The Labute approximate surface area is 116 Å². The molecule has 1 atom stereocenters. The molecular weight excluding hydrogens is 259 g/mol. The number of nitrogens with one attached hydrogen (secondary N) is 1. The highest BCUT2D eigenvalue weighted by atomic mass is 19.1. The van der Waals surface area contributed by atoms with Crippen LogP contribution in [0.5, 0.6) is 0 Å². The number of furan rings is 1. The summed E-state index contributed by atoms with van der Waals surface area (Å²) >= 11 is 0. The number of carbonyl (C=O) groups excluding carboxylic acids is 1. The van der Waals surface area contributed by atoms with Crippen LogP contribution >= 0.6 is 0 Å². The lowest BCUT2D eigenvalue weighted by Gasteiger charge is -2.11. The van der Waals surface area contributed by atoms with Crippen LogP contribution in [0.25, 0.3) is 11.0 Å². The second-order valence-corrected chi connectivity index (χ2v) is 5.38. The van der Waals surface area contributed by atoms with Crippen LogP contribution in [0.4, 0.5) is 4.39 Å². The van der Waals surface area contributed by atoms with Crippen molar-refractivity contribution in [2.24, 2.45) is 11.7 Å². The molecule has 2 aromatic rings. The number of fused-ring (bicyclic) bond motifs is 1. The van der Waals surface area contributed by atoms with E-state index in [2.05, 4.69) is 5.32 Å². The minimum atomic E-state index is -0.349. The van der Waals surface area contributed by atoms with E-state index in [0.29, 0.717) is 18.0 Å². The van der Waals surface area contributed by atoms with Crippen LogP contribution in [0.15, 0.2) is 28.9 Å². The van der Waals surface area contributed by atoms with Gasteiger partial charge in [-0.1, -0.05) is 0 Å². The van der Waals surface area contributed by atoms with Gasteiger partial charge in [0.1, 0.15) is 11.4 Å². The predicted molar refractivity (Wildman–Crippen MR) is 73.6 cm³/mol. The Bertz CT molecular complexity index is 634. The number of rotatable bonds is 5. The average Bonchev–Trinajstić information content (AvgIpc) is 3.20. The minimum absolute atomic E-state index is 0.0501. The van der Waals surface area contributed by atoms with Crippen molar-refractivity contribution in [1.82, 2.24) is 5.32 Å². The molecule has 0 spiro atoms. The number of halogens is 1. The Balaban J connectivity index is 1.62. The Morgan fingerprint density at radius 1 is 1.50 bits per heavy atom. The fourth-order valence-electron chi connectivity index (χ4n) is 2.35. The van der Waals surface area contributed by atoms with Crippen LogP contribution in [0.2, 0.25) is 0 Å². The second kappa shape index (κ2) is 5.25. The van der Waals surface area contributed by atoms with Crippen LogP contribution in [-0.4, -0.2) is 18.5 Å². The molecule has 1 saturated carbocycles. The molecule has 4 nitrogen and oxygen atoms in total. The van der Waals surface area contributed by atoms with E-state index in [0.717, 1.165) is 23.8 Å². The topological polar surface area (TPSA) is 68.3 Å². The van der Waals surface area contributed by atoms with Crippen molar-refractivity contribution in [3.05, 3.63) is 35.8 Å². The first-order chi connectivity index (χ1) is 9.63. The molecule has 1 amide bonds. The molecule has 1 aromatic carbocycles. The first-order valence-corrected chi connectivity index (χ1v) is 6.81. The highest BCUT2D eigenvalue weighted by Crippen LogP contribution is 2.31. The number of benzene rings is 1. The van der Waals surface area contributed by atoms with Gasteiger partial charge in [-0.25, -0.2) is 4.39 Å². The maximum Gasteiger partial charge on any atom is 0.224 e. The lowest BCUT2D eigenvalue weighted by Crippen LogP contribution is -2.39. The van der Waals surface area contributed by atoms with Crippen molar-refractivity contribution < 1.29 is 13.6 Å². The van der Waals surface area contributed by atoms with Gasteiger partial charge < -0.3 is 15.5 Å². The summed E-state index contributed by atoms with van der Waals surface area (Å²) in [4.78, 5) is 11.9. The van der Waals surface area contributed by atoms with E-state index in [4.69, 9.17) is 10.2 Å². The number of hydrogen-bond acceptors (Lipinski definition) is 3. The first kappa shape index (κ1) is 13.1. The molecule has 1 heterocycles. The van der Waals surface area contributed by atoms with Crippen molar-refractivity contribution in [2.75, 3.05) is 6.54 Å². The maximum absolute atomic E-state index is 13.0. The molecule has 1 unspecified atom stereocenters. The Morgan fingerprint density at radius 3 is 3.05 bits per heavy atom. The van der Waals surface area contributed by atoms with Crippen molar-refractivity contribution in [2.45, 2.75) is 25.3 Å². The van der Waals surface area contributed by atoms with Crippen molar-refractivity contribution >= 4 is 16.9 Å². The standard InChI is InChI=1S/C15H17FN2O2/c16-11-3-4-12-10(8-20-14(12)6-11)5-15(19)18-7-13(17)9-1-2-9/h3-4,6,8-9,13H,1-2,5,7,17H2,(H,18,19). The molecule has 1 fully saturated rings. The zero-order valence-electron chi connectivity index (χ0n) is 11.1. The molecule has 1 aromatic heterocycles.